The number of aryl methyl sites for hydroxylation is 2. The van der Waals surface area contributed by atoms with Gasteiger partial charge in [0.15, 0.2) is 0 Å². The summed E-state index contributed by atoms with van der Waals surface area (Å²) in [4.78, 5) is 0. The molecule has 0 radical (unpaired) electrons. The second-order valence-corrected chi connectivity index (χ2v) is 9.51. The Balaban J connectivity index is 2.32. The van der Waals surface area contributed by atoms with Crippen LogP contribution in [0.2, 0.25) is 0 Å². The molecule has 2 aromatic carbocycles. The Labute approximate surface area is 205 Å². The molecule has 0 fully saturated rings. The molecule has 0 saturated carbocycles. The highest BCUT2D eigenvalue weighted by Gasteiger charge is 2.32. The Kier molecular flexibility index (Phi) is 10.4. The van der Waals surface area contributed by atoms with E-state index in [4.69, 9.17) is 9.47 Å². The Bertz CT molecular complexity index is 895. The SMILES string of the molecule is CCC(O)(CC)COc1ccc(C(CC)(CC)c2ccc(OCC(CO)CO)c(C)c2)cc1C. The molecule has 0 aromatic heterocycles. The summed E-state index contributed by atoms with van der Waals surface area (Å²) >= 11 is 0. The first-order valence-electron chi connectivity index (χ1n) is 12.6. The van der Waals surface area contributed by atoms with Gasteiger partial charge in [-0.25, -0.2) is 0 Å². The third-order valence-corrected chi connectivity index (χ3v) is 7.47. The molecule has 0 aliphatic rings. The lowest BCUT2D eigenvalue weighted by molar-refractivity contribution is -0.0115. The van der Waals surface area contributed by atoms with Crippen molar-refractivity contribution in [3.05, 3.63) is 58.7 Å². The molecule has 2 rings (SSSR count). The van der Waals surface area contributed by atoms with Gasteiger partial charge >= 0.3 is 0 Å². The molecular formula is C29H44O5. The van der Waals surface area contributed by atoms with Crippen molar-refractivity contribution >= 4 is 0 Å². The number of benzene rings is 2. The zero-order valence-corrected chi connectivity index (χ0v) is 21.9. The average molecular weight is 473 g/mol. The fraction of sp³-hybridized carbons (Fsp3) is 0.586. The van der Waals surface area contributed by atoms with E-state index in [2.05, 4.69) is 45.0 Å². The minimum absolute atomic E-state index is 0.0996. The molecular weight excluding hydrogens is 428 g/mol. The van der Waals surface area contributed by atoms with Gasteiger partial charge < -0.3 is 24.8 Å². The van der Waals surface area contributed by atoms with Crippen LogP contribution in [0.4, 0.5) is 0 Å². The zero-order chi connectivity index (χ0) is 25.4. The Hall–Kier alpha value is -2.08. The van der Waals surface area contributed by atoms with Gasteiger partial charge in [0.1, 0.15) is 18.1 Å². The molecule has 5 nitrogen and oxygen atoms in total. The van der Waals surface area contributed by atoms with Crippen LogP contribution < -0.4 is 9.47 Å². The predicted molar refractivity (Wildman–Crippen MR) is 138 cm³/mol. The molecule has 34 heavy (non-hydrogen) atoms. The van der Waals surface area contributed by atoms with E-state index >= 15 is 0 Å². The smallest absolute Gasteiger partial charge is 0.122 e. The van der Waals surface area contributed by atoms with Crippen molar-refractivity contribution < 1.29 is 24.8 Å². The van der Waals surface area contributed by atoms with Crippen LogP contribution in [0.15, 0.2) is 36.4 Å². The fourth-order valence-corrected chi connectivity index (χ4v) is 4.49. The van der Waals surface area contributed by atoms with Crippen LogP contribution in [0, 0.1) is 19.8 Å². The third kappa shape index (κ3) is 6.32. The van der Waals surface area contributed by atoms with E-state index < -0.39 is 5.60 Å². The molecule has 3 N–H and O–H groups in total. The van der Waals surface area contributed by atoms with Gasteiger partial charge in [0.25, 0.3) is 0 Å². The molecule has 0 bridgehead atoms. The highest BCUT2D eigenvalue weighted by Crippen LogP contribution is 2.41. The molecule has 2 aromatic rings. The van der Waals surface area contributed by atoms with Gasteiger partial charge in [-0.1, -0.05) is 52.0 Å². The summed E-state index contributed by atoms with van der Waals surface area (Å²) in [7, 11) is 0. The topological polar surface area (TPSA) is 79.2 Å². The first-order valence-corrected chi connectivity index (χ1v) is 12.6. The summed E-state index contributed by atoms with van der Waals surface area (Å²) in [5, 5.41) is 29.2. The maximum absolute atomic E-state index is 10.6. The minimum atomic E-state index is -0.794. The largest absolute Gasteiger partial charge is 0.493 e. The highest BCUT2D eigenvalue weighted by atomic mass is 16.5. The molecule has 5 heteroatoms. The number of rotatable bonds is 14. The van der Waals surface area contributed by atoms with Gasteiger partial charge in [0.2, 0.25) is 0 Å². The van der Waals surface area contributed by atoms with Crippen molar-refractivity contribution in [3.63, 3.8) is 0 Å². The van der Waals surface area contributed by atoms with Gasteiger partial charge in [0, 0.05) is 11.3 Å². The van der Waals surface area contributed by atoms with Gasteiger partial charge in [-0.3, -0.25) is 0 Å². The van der Waals surface area contributed by atoms with E-state index in [1.807, 2.05) is 32.9 Å². The lowest BCUT2D eigenvalue weighted by Gasteiger charge is -2.34. The van der Waals surface area contributed by atoms with E-state index in [0.29, 0.717) is 19.4 Å². The summed E-state index contributed by atoms with van der Waals surface area (Å²) in [6.45, 7) is 12.9. The minimum Gasteiger partial charge on any atom is -0.493 e. The Morgan fingerprint density at radius 2 is 1.21 bits per heavy atom. The van der Waals surface area contributed by atoms with E-state index in [1.165, 1.54) is 11.1 Å². The highest BCUT2D eigenvalue weighted by molar-refractivity contribution is 5.48. The van der Waals surface area contributed by atoms with E-state index in [0.717, 1.165) is 35.5 Å². The van der Waals surface area contributed by atoms with Crippen LogP contribution in [0.25, 0.3) is 0 Å². The van der Waals surface area contributed by atoms with Crippen molar-refractivity contribution in [1.82, 2.24) is 0 Å². The average Bonchev–Trinajstić information content (AvgIpc) is 2.86. The standard InChI is InChI=1S/C29H44O5/c1-7-28(32,8-2)20-34-27-14-12-25(16-22(27)6)29(9-3,10-4)24-11-13-26(21(5)15-24)33-19-23(17-30)18-31/h11-16,23,30-32H,7-10,17-20H2,1-6H3. The normalized spacial score (nSPS) is 12.3. The molecule has 0 heterocycles. The molecule has 0 aliphatic heterocycles. The third-order valence-electron chi connectivity index (χ3n) is 7.47. The molecule has 0 saturated heterocycles. The van der Waals surface area contributed by atoms with E-state index in [1.54, 1.807) is 0 Å². The van der Waals surface area contributed by atoms with Crippen molar-refractivity contribution in [2.75, 3.05) is 26.4 Å². The molecule has 0 unspecified atom stereocenters. The van der Waals surface area contributed by atoms with Gasteiger partial charge in [-0.15, -0.1) is 0 Å². The number of ether oxygens (including phenoxy) is 2. The lowest BCUT2D eigenvalue weighted by atomic mass is 9.70. The zero-order valence-electron chi connectivity index (χ0n) is 21.9. The molecule has 0 aliphatic carbocycles. The summed E-state index contributed by atoms with van der Waals surface area (Å²) in [6.07, 6.45) is 3.22. The first kappa shape index (κ1) is 28.2. The second-order valence-electron chi connectivity index (χ2n) is 9.51. The van der Waals surface area contributed by atoms with Crippen molar-refractivity contribution in [2.45, 2.75) is 78.2 Å². The second kappa shape index (κ2) is 12.6. The monoisotopic (exact) mass is 472 g/mol. The molecule has 0 spiro atoms. The van der Waals surface area contributed by atoms with Crippen LogP contribution in [0.1, 0.15) is 75.6 Å². The first-order chi connectivity index (χ1) is 16.2. The van der Waals surface area contributed by atoms with Crippen LogP contribution >= 0.6 is 0 Å². The maximum atomic E-state index is 10.6. The van der Waals surface area contributed by atoms with Crippen molar-refractivity contribution in [3.8, 4) is 11.5 Å². The number of aliphatic hydroxyl groups is 3. The quantitative estimate of drug-likeness (QED) is 0.347. The number of hydrogen-bond donors (Lipinski definition) is 3. The summed E-state index contributed by atoms with van der Waals surface area (Å²) in [5.74, 6) is 1.31. The Morgan fingerprint density at radius 3 is 1.59 bits per heavy atom. The lowest BCUT2D eigenvalue weighted by Crippen LogP contribution is -2.34. The summed E-state index contributed by atoms with van der Waals surface area (Å²) in [5.41, 5.74) is 3.65. The van der Waals surface area contributed by atoms with E-state index in [-0.39, 0.29) is 31.2 Å². The fourth-order valence-electron chi connectivity index (χ4n) is 4.49. The van der Waals surface area contributed by atoms with Crippen molar-refractivity contribution in [2.24, 2.45) is 5.92 Å². The van der Waals surface area contributed by atoms with Crippen LogP contribution in [0.5, 0.6) is 11.5 Å². The van der Waals surface area contributed by atoms with E-state index in [9.17, 15) is 15.3 Å². The number of hydrogen-bond acceptors (Lipinski definition) is 5. The van der Waals surface area contributed by atoms with Crippen LogP contribution in [-0.4, -0.2) is 47.3 Å². The van der Waals surface area contributed by atoms with Gasteiger partial charge in [-0.05, 0) is 73.9 Å². The molecule has 0 amide bonds. The molecule has 190 valence electrons. The van der Waals surface area contributed by atoms with Crippen LogP contribution in [-0.2, 0) is 5.41 Å². The molecule has 0 atom stereocenters. The summed E-state index contributed by atoms with van der Waals surface area (Å²) in [6, 6.07) is 12.7. The van der Waals surface area contributed by atoms with Crippen molar-refractivity contribution in [1.29, 1.82) is 0 Å². The van der Waals surface area contributed by atoms with Gasteiger partial charge in [0.05, 0.1) is 25.4 Å². The Morgan fingerprint density at radius 1 is 0.735 bits per heavy atom. The maximum Gasteiger partial charge on any atom is 0.122 e. The van der Waals surface area contributed by atoms with Crippen LogP contribution in [0.3, 0.4) is 0 Å². The summed E-state index contributed by atoms with van der Waals surface area (Å²) < 4.78 is 11.9. The predicted octanol–water partition coefficient (Wildman–Crippen LogP) is 5.32. The number of aliphatic hydroxyl groups excluding tert-OH is 2. The van der Waals surface area contributed by atoms with Gasteiger partial charge in [-0.2, -0.15) is 0 Å².